The molecule has 0 fully saturated rings. The summed E-state index contributed by atoms with van der Waals surface area (Å²) in [6.45, 7) is 2.95. The zero-order chi connectivity index (χ0) is 14.6. The third-order valence-corrected chi connectivity index (χ3v) is 4.78. The SMILES string of the molecule is CC(CN)CCNS(=O)(=O)c1cccc2cnccc12. The second-order valence-corrected chi connectivity index (χ2v) is 6.62. The minimum atomic E-state index is -3.51. The van der Waals surface area contributed by atoms with Crippen molar-refractivity contribution >= 4 is 20.8 Å². The summed E-state index contributed by atoms with van der Waals surface area (Å²) in [5, 5.41) is 1.49. The number of sulfonamides is 1. The average molecular weight is 293 g/mol. The van der Waals surface area contributed by atoms with Crippen molar-refractivity contribution in [1.82, 2.24) is 9.71 Å². The molecule has 0 saturated heterocycles. The molecular weight excluding hydrogens is 274 g/mol. The van der Waals surface area contributed by atoms with Gasteiger partial charge in [-0.3, -0.25) is 4.98 Å². The molecule has 1 unspecified atom stereocenters. The fourth-order valence-electron chi connectivity index (χ4n) is 1.96. The number of nitrogens with one attached hydrogen (secondary N) is 1. The Morgan fingerprint density at radius 2 is 2.15 bits per heavy atom. The zero-order valence-corrected chi connectivity index (χ0v) is 12.2. The molecule has 20 heavy (non-hydrogen) atoms. The number of hydrogen-bond donors (Lipinski definition) is 2. The monoisotopic (exact) mass is 293 g/mol. The number of pyridine rings is 1. The van der Waals surface area contributed by atoms with Crippen LogP contribution in [-0.2, 0) is 10.0 Å². The third-order valence-electron chi connectivity index (χ3n) is 3.26. The molecule has 1 heterocycles. The number of fused-ring (bicyclic) bond motifs is 1. The summed E-state index contributed by atoms with van der Waals surface area (Å²) in [6.07, 6.45) is 3.98. The highest BCUT2D eigenvalue weighted by Crippen LogP contribution is 2.21. The van der Waals surface area contributed by atoms with Gasteiger partial charge in [0, 0.05) is 29.7 Å². The number of hydrogen-bond acceptors (Lipinski definition) is 4. The van der Waals surface area contributed by atoms with Crippen molar-refractivity contribution in [3.05, 3.63) is 36.7 Å². The van der Waals surface area contributed by atoms with Crippen LogP contribution in [0.3, 0.4) is 0 Å². The Balaban J connectivity index is 2.24. The lowest BCUT2D eigenvalue weighted by molar-refractivity contribution is 0.528. The molecule has 3 N–H and O–H groups in total. The van der Waals surface area contributed by atoms with Crippen LogP contribution in [0.4, 0.5) is 0 Å². The Labute approximate surface area is 119 Å². The van der Waals surface area contributed by atoms with Gasteiger partial charge in [-0.25, -0.2) is 13.1 Å². The molecule has 1 atom stereocenters. The quantitative estimate of drug-likeness (QED) is 0.845. The summed E-state index contributed by atoms with van der Waals surface area (Å²) in [7, 11) is -3.51. The van der Waals surface area contributed by atoms with E-state index in [2.05, 4.69) is 9.71 Å². The normalized spacial score (nSPS) is 13.5. The topological polar surface area (TPSA) is 85.1 Å². The number of benzene rings is 1. The van der Waals surface area contributed by atoms with E-state index in [-0.39, 0.29) is 4.90 Å². The molecule has 0 spiro atoms. The van der Waals surface area contributed by atoms with Crippen LogP contribution in [0, 0.1) is 5.92 Å². The number of nitrogens with two attached hydrogens (primary N) is 1. The highest BCUT2D eigenvalue weighted by Gasteiger charge is 2.16. The highest BCUT2D eigenvalue weighted by molar-refractivity contribution is 7.89. The standard InChI is InChI=1S/C14H19N3O2S/c1-11(9-15)5-8-17-20(18,19)14-4-2-3-12-10-16-7-6-13(12)14/h2-4,6-7,10-11,17H,5,8-9,15H2,1H3. The first kappa shape index (κ1) is 14.9. The molecule has 0 aliphatic carbocycles. The largest absolute Gasteiger partial charge is 0.330 e. The van der Waals surface area contributed by atoms with Gasteiger partial charge in [-0.15, -0.1) is 0 Å². The Morgan fingerprint density at radius 3 is 2.90 bits per heavy atom. The summed E-state index contributed by atoms with van der Waals surface area (Å²) in [6, 6.07) is 6.89. The van der Waals surface area contributed by atoms with Crippen LogP contribution in [-0.4, -0.2) is 26.5 Å². The third kappa shape index (κ3) is 3.33. The summed E-state index contributed by atoms with van der Waals surface area (Å²) in [5.41, 5.74) is 5.52. The average Bonchev–Trinajstić information content (AvgIpc) is 2.46. The van der Waals surface area contributed by atoms with E-state index in [0.717, 1.165) is 11.8 Å². The highest BCUT2D eigenvalue weighted by atomic mass is 32.2. The minimum Gasteiger partial charge on any atom is -0.330 e. The van der Waals surface area contributed by atoms with Crippen molar-refractivity contribution in [3.63, 3.8) is 0 Å². The molecule has 0 aliphatic heterocycles. The van der Waals surface area contributed by atoms with Crippen LogP contribution in [0.15, 0.2) is 41.6 Å². The summed E-state index contributed by atoms with van der Waals surface area (Å²) in [5.74, 6) is 0.300. The fraction of sp³-hybridized carbons (Fsp3) is 0.357. The van der Waals surface area contributed by atoms with E-state index in [1.807, 2.05) is 13.0 Å². The first-order valence-electron chi connectivity index (χ1n) is 6.57. The van der Waals surface area contributed by atoms with Gasteiger partial charge in [0.05, 0.1) is 4.90 Å². The van der Waals surface area contributed by atoms with Crippen LogP contribution in [0.5, 0.6) is 0 Å². The molecule has 0 amide bonds. The number of aromatic nitrogens is 1. The molecule has 6 heteroatoms. The molecule has 1 aromatic heterocycles. The fourth-order valence-corrected chi connectivity index (χ4v) is 3.24. The molecule has 0 saturated carbocycles. The van der Waals surface area contributed by atoms with Gasteiger partial charge in [0.1, 0.15) is 0 Å². The first-order chi connectivity index (χ1) is 9.54. The Morgan fingerprint density at radius 1 is 1.35 bits per heavy atom. The van der Waals surface area contributed by atoms with Gasteiger partial charge in [0.15, 0.2) is 0 Å². The maximum Gasteiger partial charge on any atom is 0.241 e. The maximum absolute atomic E-state index is 12.4. The van der Waals surface area contributed by atoms with Gasteiger partial charge < -0.3 is 5.73 Å². The molecule has 1 aromatic carbocycles. The van der Waals surface area contributed by atoms with Gasteiger partial charge >= 0.3 is 0 Å². The van der Waals surface area contributed by atoms with Crippen LogP contribution >= 0.6 is 0 Å². The van der Waals surface area contributed by atoms with E-state index < -0.39 is 10.0 Å². The van der Waals surface area contributed by atoms with Crippen LogP contribution in [0.2, 0.25) is 0 Å². The van der Waals surface area contributed by atoms with E-state index in [9.17, 15) is 8.42 Å². The number of rotatable bonds is 6. The molecule has 2 rings (SSSR count). The van der Waals surface area contributed by atoms with Gasteiger partial charge in [0.25, 0.3) is 0 Å². The van der Waals surface area contributed by atoms with Crippen molar-refractivity contribution in [3.8, 4) is 0 Å². The van der Waals surface area contributed by atoms with E-state index in [1.165, 1.54) is 0 Å². The van der Waals surface area contributed by atoms with Crippen LogP contribution < -0.4 is 10.5 Å². The second kappa shape index (κ2) is 6.30. The van der Waals surface area contributed by atoms with E-state index in [0.29, 0.717) is 24.4 Å². The minimum absolute atomic E-state index is 0.290. The van der Waals surface area contributed by atoms with Gasteiger partial charge in [0.2, 0.25) is 10.0 Å². The van der Waals surface area contributed by atoms with Crippen LogP contribution in [0.1, 0.15) is 13.3 Å². The lowest BCUT2D eigenvalue weighted by atomic mass is 10.1. The zero-order valence-electron chi connectivity index (χ0n) is 11.4. The molecule has 2 aromatic rings. The van der Waals surface area contributed by atoms with Crippen molar-refractivity contribution in [2.24, 2.45) is 11.7 Å². The Kier molecular flexibility index (Phi) is 4.69. The molecule has 0 bridgehead atoms. The van der Waals surface area contributed by atoms with E-state index in [1.54, 1.807) is 30.6 Å². The Hall–Kier alpha value is -1.50. The second-order valence-electron chi connectivity index (χ2n) is 4.88. The Bertz CT molecular complexity index is 680. The summed E-state index contributed by atoms with van der Waals surface area (Å²) < 4.78 is 27.3. The van der Waals surface area contributed by atoms with Crippen molar-refractivity contribution in [2.45, 2.75) is 18.2 Å². The number of nitrogens with zero attached hydrogens (tertiary/aromatic N) is 1. The molecule has 0 radical (unpaired) electrons. The predicted octanol–water partition coefficient (Wildman–Crippen LogP) is 1.50. The summed E-state index contributed by atoms with van der Waals surface area (Å²) >= 11 is 0. The van der Waals surface area contributed by atoms with Gasteiger partial charge in [-0.2, -0.15) is 0 Å². The lowest BCUT2D eigenvalue weighted by Gasteiger charge is -2.11. The molecule has 5 nitrogen and oxygen atoms in total. The first-order valence-corrected chi connectivity index (χ1v) is 8.05. The van der Waals surface area contributed by atoms with Crippen LogP contribution in [0.25, 0.3) is 10.8 Å². The van der Waals surface area contributed by atoms with Gasteiger partial charge in [-0.1, -0.05) is 19.1 Å². The molecule has 0 aliphatic rings. The van der Waals surface area contributed by atoms with E-state index in [4.69, 9.17) is 5.73 Å². The smallest absolute Gasteiger partial charge is 0.241 e. The maximum atomic E-state index is 12.4. The summed E-state index contributed by atoms with van der Waals surface area (Å²) in [4.78, 5) is 4.29. The van der Waals surface area contributed by atoms with Crippen molar-refractivity contribution in [2.75, 3.05) is 13.1 Å². The molecule has 108 valence electrons. The van der Waals surface area contributed by atoms with Gasteiger partial charge in [-0.05, 0) is 31.0 Å². The van der Waals surface area contributed by atoms with E-state index >= 15 is 0 Å². The lowest BCUT2D eigenvalue weighted by Crippen LogP contribution is -2.27. The molecular formula is C14H19N3O2S. The predicted molar refractivity (Wildman–Crippen MR) is 79.8 cm³/mol. The van der Waals surface area contributed by atoms with Crippen molar-refractivity contribution in [1.29, 1.82) is 0 Å². The van der Waals surface area contributed by atoms with Crippen molar-refractivity contribution < 1.29 is 8.42 Å².